The van der Waals surface area contributed by atoms with Crippen molar-refractivity contribution in [2.75, 3.05) is 0 Å². The molecule has 40 valence electrons. The summed E-state index contributed by atoms with van der Waals surface area (Å²) in [6, 6.07) is 0. The van der Waals surface area contributed by atoms with Crippen LogP contribution in [0, 0.1) is 12.9 Å². The Hall–Kier alpha value is -0.725. The van der Waals surface area contributed by atoms with Gasteiger partial charge in [0, 0.05) is 0 Å². The number of nitrogens with zero attached hydrogens (tertiary/aromatic N) is 1. The molecule has 0 aliphatic heterocycles. The number of hydrogen-bond acceptors (Lipinski definition) is 1. The van der Waals surface area contributed by atoms with E-state index in [0.717, 1.165) is 0 Å². The summed E-state index contributed by atoms with van der Waals surface area (Å²) in [7, 11) is 0. The summed E-state index contributed by atoms with van der Waals surface area (Å²) in [5.41, 5.74) is 0.713. The molecule has 8 heavy (non-hydrogen) atoms. The molecule has 0 aromatic carbocycles. The van der Waals surface area contributed by atoms with Crippen LogP contribution in [0.25, 0.3) is 0 Å². The molecule has 0 amide bonds. The minimum absolute atomic E-state index is 0.412. The van der Waals surface area contributed by atoms with E-state index >= 15 is 0 Å². The van der Waals surface area contributed by atoms with Crippen molar-refractivity contribution in [2.24, 2.45) is 0 Å². The molecule has 0 fully saturated rings. The molecule has 0 aliphatic carbocycles. The molecule has 1 nitrogen and oxygen atoms in total. The summed E-state index contributed by atoms with van der Waals surface area (Å²) in [5, 5.41) is 0. The first-order chi connectivity index (χ1) is 3.79. The van der Waals surface area contributed by atoms with Crippen molar-refractivity contribution in [3.05, 3.63) is 23.6 Å². The van der Waals surface area contributed by atoms with E-state index in [2.05, 4.69) is 4.98 Å². The molecule has 0 N–H and O–H groups in total. The third-order valence-electron chi connectivity index (χ3n) is 0.854. The maximum absolute atomic E-state index is 12.1. The molecule has 0 aliphatic rings. The zero-order valence-corrected chi connectivity index (χ0v) is 4.56. The Kier molecular flexibility index (Phi) is 1.37. The SMILES string of the molecule is Cc1cbcc(F)n1. The summed E-state index contributed by atoms with van der Waals surface area (Å²) in [5.74, 6) is 2.67. The molecular weight excluding hydrogens is 104 g/mol. The van der Waals surface area contributed by atoms with Crippen LogP contribution >= 0.6 is 0 Å². The summed E-state index contributed by atoms with van der Waals surface area (Å²) >= 11 is 0. The molecule has 0 unspecified atom stereocenters. The quantitative estimate of drug-likeness (QED) is 0.481. The first kappa shape index (κ1) is 5.41. The van der Waals surface area contributed by atoms with Crippen LogP contribution in [-0.2, 0) is 0 Å². The Morgan fingerprint density at radius 1 is 1.62 bits per heavy atom. The molecule has 1 aromatic heterocycles. The van der Waals surface area contributed by atoms with Crippen LogP contribution in [0.5, 0.6) is 0 Å². The molecule has 1 rings (SSSR count). The van der Waals surface area contributed by atoms with Crippen molar-refractivity contribution in [3.8, 4) is 0 Å². The summed E-state index contributed by atoms with van der Waals surface area (Å²) in [4.78, 5) is 3.51. The standard InChI is InChI=1S/C5H5BFN/c1-4-2-6-3-5(7)8-4/h2-3H,1H3. The van der Waals surface area contributed by atoms with E-state index in [1.54, 1.807) is 19.8 Å². The molecule has 0 spiro atoms. The number of aromatic nitrogens is 1. The monoisotopic (exact) mass is 109 g/mol. The fraction of sp³-hybridized carbons (Fsp3) is 0.200. The van der Waals surface area contributed by atoms with Gasteiger partial charge < -0.3 is 0 Å². The van der Waals surface area contributed by atoms with E-state index in [1.165, 1.54) is 5.96 Å². The zero-order valence-electron chi connectivity index (χ0n) is 4.56. The average molecular weight is 109 g/mol. The summed E-state index contributed by atoms with van der Waals surface area (Å²) in [6.07, 6.45) is 0. The zero-order chi connectivity index (χ0) is 5.98. The minimum atomic E-state index is -0.412. The molecule has 0 atom stereocenters. The second-order valence-electron chi connectivity index (χ2n) is 1.60. The van der Waals surface area contributed by atoms with E-state index in [1.807, 2.05) is 0 Å². The molecule has 1 aromatic rings. The Morgan fingerprint density at radius 3 is 2.75 bits per heavy atom. The normalized spacial score (nSPS) is 8.75. The van der Waals surface area contributed by atoms with Gasteiger partial charge in [0.25, 0.3) is 0 Å². The van der Waals surface area contributed by atoms with Gasteiger partial charge in [0.2, 0.25) is 0 Å². The molecule has 0 radical (unpaired) electrons. The number of hydrogen-bond donors (Lipinski definition) is 0. The van der Waals surface area contributed by atoms with Crippen LogP contribution in [0.15, 0.2) is 11.9 Å². The van der Waals surface area contributed by atoms with Crippen molar-refractivity contribution >= 4 is 6.91 Å². The van der Waals surface area contributed by atoms with Crippen molar-refractivity contribution in [2.45, 2.75) is 6.92 Å². The Bertz CT molecular complexity index is 172. The van der Waals surface area contributed by atoms with Crippen LogP contribution in [0.4, 0.5) is 4.39 Å². The van der Waals surface area contributed by atoms with Gasteiger partial charge in [0.15, 0.2) is 0 Å². The molecular formula is C5H5BFN. The van der Waals surface area contributed by atoms with E-state index < -0.39 is 5.95 Å². The van der Waals surface area contributed by atoms with Crippen molar-refractivity contribution in [1.29, 1.82) is 0 Å². The maximum atomic E-state index is 12.1. The third-order valence-corrected chi connectivity index (χ3v) is 0.854. The Labute approximate surface area is 47.8 Å². The molecule has 3 heteroatoms. The van der Waals surface area contributed by atoms with Gasteiger partial charge in [-0.15, -0.1) is 0 Å². The molecule has 1 heterocycles. The van der Waals surface area contributed by atoms with Gasteiger partial charge in [-0.25, -0.2) is 0 Å². The second-order valence-corrected chi connectivity index (χ2v) is 1.60. The van der Waals surface area contributed by atoms with Gasteiger partial charge >= 0.3 is 46.8 Å². The van der Waals surface area contributed by atoms with Gasteiger partial charge in [-0.2, -0.15) is 0 Å². The van der Waals surface area contributed by atoms with Gasteiger partial charge in [0.1, 0.15) is 0 Å². The summed E-state index contributed by atoms with van der Waals surface area (Å²) < 4.78 is 12.1. The molecule has 0 saturated heterocycles. The Morgan fingerprint density at radius 2 is 2.38 bits per heavy atom. The van der Waals surface area contributed by atoms with E-state index in [-0.39, 0.29) is 0 Å². The third kappa shape index (κ3) is 1.12. The van der Waals surface area contributed by atoms with Crippen LogP contribution in [-0.4, -0.2) is 11.9 Å². The Balaban J connectivity index is 3.08. The fourth-order valence-electron chi connectivity index (χ4n) is 0.510. The van der Waals surface area contributed by atoms with Crippen molar-refractivity contribution in [1.82, 2.24) is 4.98 Å². The van der Waals surface area contributed by atoms with Crippen LogP contribution in [0.2, 0.25) is 0 Å². The van der Waals surface area contributed by atoms with Crippen LogP contribution in [0.3, 0.4) is 0 Å². The van der Waals surface area contributed by atoms with Gasteiger partial charge in [-0.1, -0.05) is 0 Å². The predicted molar refractivity (Wildman–Crippen MR) is 30.3 cm³/mol. The van der Waals surface area contributed by atoms with Crippen LogP contribution < -0.4 is 0 Å². The first-order valence-electron chi connectivity index (χ1n) is 2.38. The van der Waals surface area contributed by atoms with Crippen LogP contribution in [0.1, 0.15) is 5.69 Å². The first-order valence-corrected chi connectivity index (χ1v) is 2.38. The van der Waals surface area contributed by atoms with Gasteiger partial charge in [-0.3, -0.25) is 0 Å². The van der Waals surface area contributed by atoms with Gasteiger partial charge in [0.05, 0.1) is 0 Å². The molecule has 0 bridgehead atoms. The average Bonchev–Trinajstić information content (AvgIpc) is 1.64. The van der Waals surface area contributed by atoms with E-state index in [4.69, 9.17) is 0 Å². The van der Waals surface area contributed by atoms with Crippen molar-refractivity contribution < 1.29 is 4.39 Å². The predicted octanol–water partition coefficient (Wildman–Crippen LogP) is 0.867. The topological polar surface area (TPSA) is 12.9 Å². The number of aryl methyl sites for hydroxylation is 1. The number of halogens is 1. The van der Waals surface area contributed by atoms with E-state index in [0.29, 0.717) is 5.69 Å². The van der Waals surface area contributed by atoms with Gasteiger partial charge in [-0.05, 0) is 0 Å². The van der Waals surface area contributed by atoms with E-state index in [9.17, 15) is 4.39 Å². The second kappa shape index (κ2) is 2.03. The summed E-state index contributed by atoms with van der Waals surface area (Å²) in [6.45, 7) is 3.39. The number of rotatable bonds is 0. The molecule has 0 saturated carbocycles. The van der Waals surface area contributed by atoms with Crippen molar-refractivity contribution in [3.63, 3.8) is 0 Å². The fourth-order valence-corrected chi connectivity index (χ4v) is 0.510.